The molecule has 1 heterocycles. The molecule has 0 atom stereocenters. The number of nitriles is 1. The minimum Gasteiger partial charge on any atom is -0.464 e. The summed E-state index contributed by atoms with van der Waals surface area (Å²) >= 11 is 0. The quantitative estimate of drug-likeness (QED) is 0.673. The standard InChI is InChI=1S/C15H10FN3O2/c1-3-9-4-5-11(6-12(9)16)19-8-10(7-17)13(18)14(19)15(20)21-2/h1,4-6,8H,18H2,2H3. The molecule has 0 spiro atoms. The Hall–Kier alpha value is -3.25. The largest absolute Gasteiger partial charge is 0.464 e. The molecule has 6 heteroatoms. The van der Waals surface area contributed by atoms with Crippen LogP contribution in [-0.2, 0) is 4.74 Å². The molecular formula is C15H10FN3O2. The molecular weight excluding hydrogens is 273 g/mol. The first-order chi connectivity index (χ1) is 10.0. The number of nitrogen functional groups attached to an aromatic ring is 1. The highest BCUT2D eigenvalue weighted by atomic mass is 19.1. The molecule has 1 aromatic heterocycles. The Kier molecular flexibility index (Phi) is 3.64. The molecule has 1 aromatic carbocycles. The maximum Gasteiger partial charge on any atom is 0.357 e. The fourth-order valence-corrected chi connectivity index (χ4v) is 1.89. The number of nitrogens with two attached hydrogens (primary N) is 1. The van der Waals surface area contributed by atoms with Crippen molar-refractivity contribution in [1.29, 1.82) is 5.26 Å². The maximum absolute atomic E-state index is 13.8. The Morgan fingerprint density at radius 2 is 2.19 bits per heavy atom. The number of hydrogen-bond acceptors (Lipinski definition) is 4. The number of hydrogen-bond donors (Lipinski definition) is 1. The first kappa shape index (κ1) is 14.2. The van der Waals surface area contributed by atoms with Crippen molar-refractivity contribution in [3.05, 3.63) is 47.0 Å². The van der Waals surface area contributed by atoms with E-state index in [4.69, 9.17) is 17.4 Å². The number of ether oxygens (including phenoxy) is 1. The van der Waals surface area contributed by atoms with Crippen LogP contribution in [0.15, 0.2) is 24.4 Å². The molecule has 0 fully saturated rings. The maximum atomic E-state index is 13.8. The van der Waals surface area contributed by atoms with Gasteiger partial charge in [0.2, 0.25) is 0 Å². The van der Waals surface area contributed by atoms with Gasteiger partial charge in [0.05, 0.1) is 23.9 Å². The second kappa shape index (κ2) is 5.40. The minimum atomic E-state index is -0.726. The van der Waals surface area contributed by atoms with Gasteiger partial charge in [-0.15, -0.1) is 6.42 Å². The summed E-state index contributed by atoms with van der Waals surface area (Å²) < 4.78 is 19.7. The van der Waals surface area contributed by atoms with Gasteiger partial charge < -0.3 is 15.0 Å². The van der Waals surface area contributed by atoms with Gasteiger partial charge in [-0.2, -0.15) is 5.26 Å². The van der Waals surface area contributed by atoms with E-state index in [0.29, 0.717) is 5.69 Å². The highest BCUT2D eigenvalue weighted by Crippen LogP contribution is 2.25. The van der Waals surface area contributed by atoms with Crippen molar-refractivity contribution in [2.24, 2.45) is 0 Å². The van der Waals surface area contributed by atoms with Crippen LogP contribution in [0.3, 0.4) is 0 Å². The topological polar surface area (TPSA) is 81.0 Å². The summed E-state index contributed by atoms with van der Waals surface area (Å²) in [6.07, 6.45) is 6.49. The van der Waals surface area contributed by atoms with E-state index in [1.165, 1.54) is 30.0 Å². The van der Waals surface area contributed by atoms with Crippen molar-refractivity contribution in [3.8, 4) is 24.1 Å². The average Bonchev–Trinajstić information content (AvgIpc) is 2.83. The van der Waals surface area contributed by atoms with E-state index < -0.39 is 11.8 Å². The molecule has 2 N–H and O–H groups in total. The zero-order valence-electron chi connectivity index (χ0n) is 11.1. The van der Waals surface area contributed by atoms with Crippen LogP contribution in [0.5, 0.6) is 0 Å². The van der Waals surface area contributed by atoms with Crippen LogP contribution in [0.1, 0.15) is 21.6 Å². The SMILES string of the molecule is C#Cc1ccc(-n2cc(C#N)c(N)c2C(=O)OC)cc1F. The predicted molar refractivity (Wildman–Crippen MR) is 74.1 cm³/mol. The summed E-state index contributed by atoms with van der Waals surface area (Å²) in [6.45, 7) is 0. The van der Waals surface area contributed by atoms with E-state index in [2.05, 4.69) is 10.7 Å². The Labute approximate surface area is 120 Å². The van der Waals surface area contributed by atoms with Gasteiger partial charge in [-0.05, 0) is 18.2 Å². The lowest BCUT2D eigenvalue weighted by Gasteiger charge is -2.09. The van der Waals surface area contributed by atoms with Crippen LogP contribution in [-0.4, -0.2) is 17.6 Å². The van der Waals surface area contributed by atoms with E-state index in [9.17, 15) is 9.18 Å². The summed E-state index contributed by atoms with van der Waals surface area (Å²) in [5.41, 5.74) is 6.19. The third kappa shape index (κ3) is 2.31. The number of anilines is 1. The van der Waals surface area contributed by atoms with Gasteiger partial charge >= 0.3 is 5.97 Å². The first-order valence-corrected chi connectivity index (χ1v) is 5.79. The molecule has 0 aliphatic rings. The van der Waals surface area contributed by atoms with Crippen molar-refractivity contribution < 1.29 is 13.9 Å². The van der Waals surface area contributed by atoms with Gasteiger partial charge in [0.15, 0.2) is 5.69 Å². The second-order valence-corrected chi connectivity index (χ2v) is 4.09. The lowest BCUT2D eigenvalue weighted by molar-refractivity contribution is 0.0593. The Morgan fingerprint density at radius 1 is 1.48 bits per heavy atom. The minimum absolute atomic E-state index is 0.0224. The van der Waals surface area contributed by atoms with Crippen LogP contribution in [0.4, 0.5) is 10.1 Å². The summed E-state index contributed by atoms with van der Waals surface area (Å²) in [6, 6.07) is 5.93. The monoisotopic (exact) mass is 283 g/mol. The van der Waals surface area contributed by atoms with E-state index in [-0.39, 0.29) is 22.5 Å². The summed E-state index contributed by atoms with van der Waals surface area (Å²) in [7, 11) is 1.19. The van der Waals surface area contributed by atoms with Crippen molar-refractivity contribution in [2.75, 3.05) is 12.8 Å². The first-order valence-electron chi connectivity index (χ1n) is 5.79. The molecule has 0 bridgehead atoms. The van der Waals surface area contributed by atoms with Crippen LogP contribution < -0.4 is 5.73 Å². The van der Waals surface area contributed by atoms with Gasteiger partial charge in [-0.1, -0.05) is 5.92 Å². The van der Waals surface area contributed by atoms with Gasteiger partial charge in [-0.25, -0.2) is 9.18 Å². The van der Waals surface area contributed by atoms with Crippen LogP contribution >= 0.6 is 0 Å². The molecule has 2 rings (SSSR count). The van der Waals surface area contributed by atoms with Crippen molar-refractivity contribution in [2.45, 2.75) is 0 Å². The van der Waals surface area contributed by atoms with Gasteiger partial charge in [0.25, 0.3) is 0 Å². The third-order valence-electron chi connectivity index (χ3n) is 2.93. The van der Waals surface area contributed by atoms with Gasteiger partial charge in [-0.3, -0.25) is 0 Å². The lowest BCUT2D eigenvalue weighted by Crippen LogP contribution is -2.11. The molecule has 0 amide bonds. The molecule has 0 aliphatic carbocycles. The van der Waals surface area contributed by atoms with E-state index in [0.717, 1.165) is 6.07 Å². The molecule has 0 saturated carbocycles. The number of terminal acetylenes is 1. The van der Waals surface area contributed by atoms with Gasteiger partial charge in [0, 0.05) is 11.9 Å². The molecule has 0 unspecified atom stereocenters. The number of carbonyl (C=O) groups excluding carboxylic acids is 1. The smallest absolute Gasteiger partial charge is 0.357 e. The summed E-state index contributed by atoms with van der Waals surface area (Å²) in [4.78, 5) is 11.8. The fourth-order valence-electron chi connectivity index (χ4n) is 1.89. The van der Waals surface area contributed by atoms with Crippen LogP contribution in [0.2, 0.25) is 0 Å². The zero-order chi connectivity index (χ0) is 15.6. The van der Waals surface area contributed by atoms with Crippen LogP contribution in [0.25, 0.3) is 5.69 Å². The Morgan fingerprint density at radius 3 is 2.71 bits per heavy atom. The lowest BCUT2D eigenvalue weighted by atomic mass is 10.2. The fraction of sp³-hybridized carbons (Fsp3) is 0.0667. The number of carbonyl (C=O) groups is 1. The Bertz CT molecular complexity index is 810. The van der Waals surface area contributed by atoms with E-state index >= 15 is 0 Å². The van der Waals surface area contributed by atoms with Crippen molar-refractivity contribution in [1.82, 2.24) is 4.57 Å². The number of esters is 1. The number of aromatic nitrogens is 1. The van der Waals surface area contributed by atoms with Crippen LogP contribution in [0, 0.1) is 29.5 Å². The van der Waals surface area contributed by atoms with Crippen molar-refractivity contribution >= 4 is 11.7 Å². The molecule has 5 nitrogen and oxygen atoms in total. The number of benzene rings is 1. The molecule has 104 valence electrons. The average molecular weight is 283 g/mol. The van der Waals surface area contributed by atoms with E-state index in [1.807, 2.05) is 6.07 Å². The molecule has 2 aromatic rings. The molecule has 0 saturated heterocycles. The Balaban J connectivity index is 2.70. The molecule has 21 heavy (non-hydrogen) atoms. The third-order valence-corrected chi connectivity index (χ3v) is 2.93. The number of halogens is 1. The normalized spacial score (nSPS) is 9.71. The highest BCUT2D eigenvalue weighted by molar-refractivity contribution is 5.95. The van der Waals surface area contributed by atoms with E-state index in [1.54, 1.807) is 0 Å². The molecule has 0 radical (unpaired) electrons. The zero-order valence-corrected chi connectivity index (χ0v) is 11.1. The highest BCUT2D eigenvalue weighted by Gasteiger charge is 2.22. The molecule has 0 aliphatic heterocycles. The number of rotatable bonds is 2. The second-order valence-electron chi connectivity index (χ2n) is 4.09. The summed E-state index contributed by atoms with van der Waals surface area (Å²) in [5.74, 6) is 0.857. The predicted octanol–water partition coefficient (Wildman–Crippen LogP) is 1.84. The van der Waals surface area contributed by atoms with Crippen molar-refractivity contribution in [3.63, 3.8) is 0 Å². The van der Waals surface area contributed by atoms with Gasteiger partial charge in [0.1, 0.15) is 11.9 Å². The summed E-state index contributed by atoms with van der Waals surface area (Å²) in [5, 5.41) is 9.00. The number of methoxy groups -OCH3 is 1. The number of nitrogens with zero attached hydrogens (tertiary/aromatic N) is 2.